The molecule has 0 bridgehead atoms. The fourth-order valence-electron chi connectivity index (χ4n) is 2.31. The van der Waals surface area contributed by atoms with Crippen molar-refractivity contribution in [2.75, 3.05) is 26.2 Å². The van der Waals surface area contributed by atoms with Gasteiger partial charge in [0.1, 0.15) is 5.60 Å². The van der Waals surface area contributed by atoms with Gasteiger partial charge in [0.05, 0.1) is 0 Å². The molecule has 2 aliphatic rings. The fourth-order valence-corrected chi connectivity index (χ4v) is 2.31. The Hall–Kier alpha value is -0.770. The van der Waals surface area contributed by atoms with E-state index in [1.165, 1.54) is 12.8 Å². The van der Waals surface area contributed by atoms with Crippen molar-refractivity contribution in [3.63, 3.8) is 0 Å². The first-order valence-electron chi connectivity index (χ1n) is 7.13. The number of hydrogen-bond acceptors (Lipinski definition) is 3. The van der Waals surface area contributed by atoms with Crippen LogP contribution in [0.2, 0.25) is 0 Å². The molecule has 104 valence electrons. The number of hydrogen-bond donors (Lipinski definition) is 1. The van der Waals surface area contributed by atoms with Crippen LogP contribution < -0.4 is 5.32 Å². The van der Waals surface area contributed by atoms with Crippen molar-refractivity contribution in [3.8, 4) is 0 Å². The maximum atomic E-state index is 11.9. The molecule has 0 aromatic rings. The number of likely N-dealkylation sites (tertiary alicyclic amines) is 1. The molecule has 1 aliphatic heterocycles. The first-order chi connectivity index (χ1) is 8.44. The molecule has 0 radical (unpaired) electrons. The first-order valence-corrected chi connectivity index (χ1v) is 7.13. The Morgan fingerprint density at radius 1 is 1.22 bits per heavy atom. The Kier molecular flexibility index (Phi) is 4.15. The van der Waals surface area contributed by atoms with Gasteiger partial charge in [-0.3, -0.25) is 0 Å². The lowest BCUT2D eigenvalue weighted by atomic mass is 10.1. The Bertz CT molecular complexity index is 295. The number of nitrogens with zero attached hydrogens (tertiary/aromatic N) is 1. The van der Waals surface area contributed by atoms with Crippen molar-refractivity contribution in [1.82, 2.24) is 10.2 Å². The number of ether oxygens (including phenoxy) is 1. The molecular weight excluding hydrogens is 228 g/mol. The van der Waals surface area contributed by atoms with Crippen LogP contribution in [0.25, 0.3) is 0 Å². The summed E-state index contributed by atoms with van der Waals surface area (Å²) >= 11 is 0. The molecule has 4 nitrogen and oxygen atoms in total. The van der Waals surface area contributed by atoms with Crippen molar-refractivity contribution in [2.24, 2.45) is 11.8 Å². The molecule has 0 aromatic carbocycles. The van der Waals surface area contributed by atoms with Crippen LogP contribution >= 0.6 is 0 Å². The minimum Gasteiger partial charge on any atom is -0.444 e. The third-order valence-electron chi connectivity index (χ3n) is 3.50. The highest BCUT2D eigenvalue weighted by molar-refractivity contribution is 5.68. The van der Waals surface area contributed by atoms with Crippen LogP contribution in [0, 0.1) is 11.8 Å². The van der Waals surface area contributed by atoms with Crippen LogP contribution in [0.5, 0.6) is 0 Å². The molecule has 1 saturated carbocycles. The first kappa shape index (κ1) is 13.7. The highest BCUT2D eigenvalue weighted by Crippen LogP contribution is 2.27. The zero-order valence-electron chi connectivity index (χ0n) is 11.9. The topological polar surface area (TPSA) is 41.6 Å². The Morgan fingerprint density at radius 3 is 2.50 bits per heavy atom. The van der Waals surface area contributed by atoms with Gasteiger partial charge < -0.3 is 15.0 Å². The molecule has 1 heterocycles. The van der Waals surface area contributed by atoms with E-state index < -0.39 is 0 Å². The second-order valence-corrected chi connectivity index (χ2v) is 6.68. The van der Waals surface area contributed by atoms with Gasteiger partial charge in [0.25, 0.3) is 0 Å². The van der Waals surface area contributed by atoms with E-state index in [1.807, 2.05) is 25.7 Å². The predicted molar refractivity (Wildman–Crippen MR) is 71.5 cm³/mol. The second-order valence-electron chi connectivity index (χ2n) is 6.68. The van der Waals surface area contributed by atoms with E-state index in [4.69, 9.17) is 4.74 Å². The summed E-state index contributed by atoms with van der Waals surface area (Å²) in [5, 5.41) is 3.52. The molecule has 1 unspecified atom stereocenters. The molecule has 0 spiro atoms. The minimum absolute atomic E-state index is 0.160. The largest absolute Gasteiger partial charge is 0.444 e. The van der Waals surface area contributed by atoms with Crippen molar-refractivity contribution in [3.05, 3.63) is 0 Å². The van der Waals surface area contributed by atoms with Gasteiger partial charge >= 0.3 is 6.09 Å². The van der Waals surface area contributed by atoms with Crippen LogP contribution in [0.15, 0.2) is 0 Å². The molecule has 1 amide bonds. The maximum Gasteiger partial charge on any atom is 0.410 e. The van der Waals surface area contributed by atoms with Gasteiger partial charge in [-0.25, -0.2) is 4.79 Å². The fraction of sp³-hybridized carbons (Fsp3) is 0.929. The van der Waals surface area contributed by atoms with E-state index in [9.17, 15) is 4.79 Å². The van der Waals surface area contributed by atoms with Crippen LogP contribution in [-0.4, -0.2) is 42.8 Å². The Morgan fingerprint density at radius 2 is 1.89 bits per heavy atom. The number of carbonyl (C=O) groups excluding carboxylic acids is 1. The summed E-state index contributed by atoms with van der Waals surface area (Å²) in [4.78, 5) is 13.7. The summed E-state index contributed by atoms with van der Waals surface area (Å²) in [6, 6.07) is 0. The van der Waals surface area contributed by atoms with Gasteiger partial charge in [0, 0.05) is 13.1 Å². The molecule has 1 atom stereocenters. The van der Waals surface area contributed by atoms with Crippen molar-refractivity contribution < 1.29 is 9.53 Å². The van der Waals surface area contributed by atoms with E-state index >= 15 is 0 Å². The zero-order valence-corrected chi connectivity index (χ0v) is 11.9. The standard InChI is InChI=1S/C14H26N2O2/c1-14(2,3)18-13(17)16-7-6-12(10-16)9-15-8-11-4-5-11/h11-12,15H,4-10H2,1-3H3. The minimum atomic E-state index is -0.389. The van der Waals surface area contributed by atoms with Crippen molar-refractivity contribution in [1.29, 1.82) is 0 Å². The molecule has 18 heavy (non-hydrogen) atoms. The highest BCUT2D eigenvalue weighted by atomic mass is 16.6. The van der Waals surface area contributed by atoms with Crippen LogP contribution in [0.4, 0.5) is 4.79 Å². The molecule has 0 aromatic heterocycles. The smallest absolute Gasteiger partial charge is 0.410 e. The van der Waals surface area contributed by atoms with Gasteiger partial charge in [0.2, 0.25) is 0 Å². The van der Waals surface area contributed by atoms with E-state index in [0.29, 0.717) is 5.92 Å². The quantitative estimate of drug-likeness (QED) is 0.836. The summed E-state index contributed by atoms with van der Waals surface area (Å²) < 4.78 is 5.39. The number of carbonyl (C=O) groups is 1. The normalized spacial score (nSPS) is 24.4. The van der Waals surface area contributed by atoms with Gasteiger partial charge in [-0.15, -0.1) is 0 Å². The number of amides is 1. The molecule has 2 fully saturated rings. The van der Waals surface area contributed by atoms with Gasteiger partial charge in [-0.2, -0.15) is 0 Å². The summed E-state index contributed by atoms with van der Waals surface area (Å²) in [6.07, 6.45) is 3.72. The molecular formula is C14H26N2O2. The van der Waals surface area contributed by atoms with E-state index in [2.05, 4.69) is 5.32 Å². The SMILES string of the molecule is CC(C)(C)OC(=O)N1CCC(CNCC2CC2)C1. The monoisotopic (exact) mass is 254 g/mol. The van der Waals surface area contributed by atoms with Gasteiger partial charge in [-0.05, 0) is 65.0 Å². The second kappa shape index (κ2) is 5.47. The molecule has 1 saturated heterocycles. The summed E-state index contributed by atoms with van der Waals surface area (Å²) in [6.45, 7) is 9.61. The third-order valence-corrected chi connectivity index (χ3v) is 3.50. The summed E-state index contributed by atoms with van der Waals surface area (Å²) in [5.74, 6) is 1.52. The van der Waals surface area contributed by atoms with Crippen LogP contribution in [0.1, 0.15) is 40.0 Å². The number of nitrogens with one attached hydrogen (secondary N) is 1. The van der Waals surface area contributed by atoms with Crippen LogP contribution in [0.3, 0.4) is 0 Å². The van der Waals surface area contributed by atoms with E-state index in [1.54, 1.807) is 0 Å². The summed E-state index contributed by atoms with van der Waals surface area (Å²) in [7, 11) is 0. The van der Waals surface area contributed by atoms with Gasteiger partial charge in [0.15, 0.2) is 0 Å². The van der Waals surface area contributed by atoms with Gasteiger partial charge in [-0.1, -0.05) is 0 Å². The Balaban J connectivity index is 1.65. The maximum absolute atomic E-state index is 11.9. The molecule has 4 heteroatoms. The summed E-state index contributed by atoms with van der Waals surface area (Å²) in [5.41, 5.74) is -0.389. The molecule has 2 rings (SSSR count). The lowest BCUT2D eigenvalue weighted by Gasteiger charge is -2.24. The zero-order chi connectivity index (χ0) is 13.2. The Labute approximate surface area is 110 Å². The lowest BCUT2D eigenvalue weighted by molar-refractivity contribution is 0.0288. The van der Waals surface area contributed by atoms with Crippen molar-refractivity contribution in [2.45, 2.75) is 45.6 Å². The predicted octanol–water partition coefficient (Wildman–Crippen LogP) is 2.24. The lowest BCUT2D eigenvalue weighted by Crippen LogP contribution is -2.36. The average molecular weight is 254 g/mol. The molecule has 1 N–H and O–H groups in total. The van der Waals surface area contributed by atoms with E-state index in [-0.39, 0.29) is 11.7 Å². The average Bonchev–Trinajstić information content (AvgIpc) is 2.92. The highest BCUT2D eigenvalue weighted by Gasteiger charge is 2.30. The van der Waals surface area contributed by atoms with Crippen molar-refractivity contribution >= 4 is 6.09 Å². The van der Waals surface area contributed by atoms with Crippen LogP contribution in [-0.2, 0) is 4.74 Å². The number of rotatable bonds is 4. The molecule has 1 aliphatic carbocycles. The van der Waals surface area contributed by atoms with E-state index in [0.717, 1.165) is 38.5 Å². The third kappa shape index (κ3) is 4.48.